The van der Waals surface area contributed by atoms with E-state index in [0.29, 0.717) is 37.3 Å². The molecule has 0 saturated heterocycles. The molecule has 162 valence electrons. The molecule has 0 radical (unpaired) electrons. The van der Waals surface area contributed by atoms with Gasteiger partial charge in [0.2, 0.25) is 0 Å². The van der Waals surface area contributed by atoms with Gasteiger partial charge in [0, 0.05) is 30.4 Å². The number of ketones is 1. The van der Waals surface area contributed by atoms with Crippen molar-refractivity contribution in [2.45, 2.75) is 52.9 Å². The minimum absolute atomic E-state index is 0.0117. The van der Waals surface area contributed by atoms with Crippen LogP contribution in [-0.4, -0.2) is 37.3 Å². The maximum atomic E-state index is 14.8. The number of hydrogen-bond acceptors (Lipinski definition) is 5. The summed E-state index contributed by atoms with van der Waals surface area (Å²) in [7, 11) is 0. The molecule has 0 N–H and O–H groups in total. The molecule has 0 spiro atoms. The lowest BCUT2D eigenvalue weighted by Gasteiger charge is -2.41. The average Bonchev–Trinajstić information content (AvgIpc) is 2.66. The highest BCUT2D eigenvalue weighted by Gasteiger charge is 2.48. The van der Waals surface area contributed by atoms with Crippen molar-refractivity contribution in [3.63, 3.8) is 0 Å². The number of aliphatic imine (C=N–C) groups is 1. The van der Waals surface area contributed by atoms with Crippen LogP contribution in [0.15, 0.2) is 40.5 Å². The molecule has 1 aromatic rings. The second-order valence-electron chi connectivity index (χ2n) is 8.81. The Morgan fingerprint density at radius 3 is 2.60 bits per heavy atom. The molecule has 0 bridgehead atoms. The Balaban J connectivity index is 1.98. The van der Waals surface area contributed by atoms with E-state index in [4.69, 9.17) is 9.47 Å². The van der Waals surface area contributed by atoms with E-state index in [1.807, 2.05) is 20.8 Å². The van der Waals surface area contributed by atoms with Gasteiger partial charge >= 0.3 is 5.97 Å². The summed E-state index contributed by atoms with van der Waals surface area (Å²) in [5, 5.41) is 0. The Morgan fingerprint density at radius 1 is 1.17 bits per heavy atom. The molecule has 1 aromatic carbocycles. The second-order valence-corrected chi connectivity index (χ2v) is 8.81. The van der Waals surface area contributed by atoms with Crippen LogP contribution >= 0.6 is 0 Å². The monoisotopic (exact) mass is 415 g/mol. The Kier molecular flexibility index (Phi) is 6.86. The van der Waals surface area contributed by atoms with Crippen LogP contribution in [0.4, 0.5) is 4.39 Å². The normalized spacial score (nSPS) is 23.1. The molecule has 5 nitrogen and oxygen atoms in total. The molecular formula is C24H30FNO4. The van der Waals surface area contributed by atoms with Crippen molar-refractivity contribution in [2.24, 2.45) is 16.3 Å². The number of ether oxygens (including phenoxy) is 2. The summed E-state index contributed by atoms with van der Waals surface area (Å²) in [5.74, 6) is -2.39. The molecule has 3 rings (SSSR count). The number of halogens is 1. The highest BCUT2D eigenvalue weighted by atomic mass is 19.1. The zero-order valence-electron chi connectivity index (χ0n) is 18.2. The molecule has 0 unspecified atom stereocenters. The number of allylic oxidation sites excluding steroid dienone is 1. The van der Waals surface area contributed by atoms with Gasteiger partial charge in [-0.25, -0.2) is 9.18 Å². The standard InChI is InChI=1S/C24H30FNO4/c1-5-10-29-11-12-30-23(28)20-15(2)26-18-13-24(3,4)14-19(27)22(18)21(20)16-8-6-7-9-17(16)25/h6-9,21-22H,5,10-14H2,1-4H3/t21-,22-/m0/s1. The van der Waals surface area contributed by atoms with E-state index in [0.717, 1.165) is 12.1 Å². The zero-order chi connectivity index (χ0) is 21.9. The van der Waals surface area contributed by atoms with Crippen molar-refractivity contribution in [3.8, 4) is 0 Å². The van der Waals surface area contributed by atoms with Gasteiger partial charge in [0.1, 0.15) is 18.2 Å². The minimum Gasteiger partial charge on any atom is -0.460 e. The summed E-state index contributed by atoms with van der Waals surface area (Å²) in [6.07, 6.45) is 1.89. The van der Waals surface area contributed by atoms with Gasteiger partial charge in [-0.15, -0.1) is 0 Å². The van der Waals surface area contributed by atoms with Crippen molar-refractivity contribution in [1.29, 1.82) is 0 Å². The first-order valence-electron chi connectivity index (χ1n) is 10.6. The summed E-state index contributed by atoms with van der Waals surface area (Å²) >= 11 is 0. The first-order chi connectivity index (χ1) is 14.2. The Hall–Kier alpha value is -2.34. The number of benzene rings is 1. The summed E-state index contributed by atoms with van der Waals surface area (Å²) in [6, 6.07) is 6.32. The SMILES string of the molecule is CCCOCCOC(=O)C1=C(C)N=C2CC(C)(C)CC(=O)[C@H]2[C@H]1c1ccccc1F. The molecule has 1 saturated carbocycles. The van der Waals surface area contributed by atoms with Crippen LogP contribution in [0.1, 0.15) is 58.4 Å². The van der Waals surface area contributed by atoms with Crippen molar-refractivity contribution in [2.75, 3.05) is 19.8 Å². The molecule has 1 heterocycles. The molecular weight excluding hydrogens is 385 g/mol. The highest BCUT2D eigenvalue weighted by Crippen LogP contribution is 2.47. The van der Waals surface area contributed by atoms with E-state index >= 15 is 0 Å². The number of carbonyl (C=O) groups excluding carboxylic acids is 2. The number of rotatable bonds is 7. The van der Waals surface area contributed by atoms with E-state index in [1.165, 1.54) is 6.07 Å². The molecule has 2 atom stereocenters. The molecule has 0 amide bonds. The molecule has 1 fully saturated rings. The van der Waals surface area contributed by atoms with Crippen molar-refractivity contribution in [1.82, 2.24) is 0 Å². The largest absolute Gasteiger partial charge is 0.460 e. The van der Waals surface area contributed by atoms with Crippen LogP contribution < -0.4 is 0 Å². The smallest absolute Gasteiger partial charge is 0.336 e. The summed E-state index contributed by atoms with van der Waals surface area (Å²) in [6.45, 7) is 8.77. The van der Waals surface area contributed by atoms with Gasteiger partial charge in [-0.05, 0) is 36.8 Å². The first-order valence-corrected chi connectivity index (χ1v) is 10.6. The fraction of sp³-hybridized carbons (Fsp3) is 0.542. The van der Waals surface area contributed by atoms with E-state index in [9.17, 15) is 14.0 Å². The predicted octanol–water partition coefficient (Wildman–Crippen LogP) is 4.61. The number of esters is 1. The molecule has 6 heteroatoms. The van der Waals surface area contributed by atoms with E-state index in [1.54, 1.807) is 25.1 Å². The predicted molar refractivity (Wildman–Crippen MR) is 113 cm³/mol. The zero-order valence-corrected chi connectivity index (χ0v) is 18.2. The fourth-order valence-corrected chi connectivity index (χ4v) is 4.44. The Bertz CT molecular complexity index is 887. The Morgan fingerprint density at radius 2 is 1.90 bits per heavy atom. The van der Waals surface area contributed by atoms with Crippen LogP contribution in [0.2, 0.25) is 0 Å². The molecule has 1 aliphatic heterocycles. The summed E-state index contributed by atoms with van der Waals surface area (Å²) in [4.78, 5) is 30.8. The minimum atomic E-state index is -0.730. The van der Waals surface area contributed by atoms with Gasteiger partial charge in [0.05, 0.1) is 18.1 Å². The van der Waals surface area contributed by atoms with Crippen LogP contribution in [-0.2, 0) is 19.1 Å². The third-order valence-corrected chi connectivity index (χ3v) is 5.63. The summed E-state index contributed by atoms with van der Waals surface area (Å²) < 4.78 is 25.6. The van der Waals surface area contributed by atoms with E-state index < -0.39 is 23.6 Å². The second kappa shape index (κ2) is 9.21. The maximum absolute atomic E-state index is 14.8. The van der Waals surface area contributed by atoms with E-state index in [-0.39, 0.29) is 23.4 Å². The lowest BCUT2D eigenvalue weighted by Crippen LogP contribution is -2.44. The third kappa shape index (κ3) is 4.69. The summed E-state index contributed by atoms with van der Waals surface area (Å²) in [5.41, 5.74) is 1.60. The van der Waals surface area contributed by atoms with Crippen LogP contribution in [0, 0.1) is 17.2 Å². The first kappa shape index (κ1) is 22.3. The lowest BCUT2D eigenvalue weighted by molar-refractivity contribution is -0.141. The van der Waals surface area contributed by atoms with Gasteiger partial charge in [0.25, 0.3) is 0 Å². The number of Topliss-reactive ketones (excluding diaryl/α,β-unsaturated/α-hetero) is 1. The molecule has 2 aliphatic rings. The number of hydrogen-bond donors (Lipinski definition) is 0. The third-order valence-electron chi connectivity index (χ3n) is 5.63. The molecule has 0 aromatic heterocycles. The average molecular weight is 416 g/mol. The quantitative estimate of drug-likeness (QED) is 0.482. The van der Waals surface area contributed by atoms with Gasteiger partial charge in [-0.1, -0.05) is 39.0 Å². The number of nitrogens with zero attached hydrogens (tertiary/aromatic N) is 1. The topological polar surface area (TPSA) is 65.0 Å². The van der Waals surface area contributed by atoms with Crippen LogP contribution in [0.5, 0.6) is 0 Å². The Labute approximate surface area is 177 Å². The van der Waals surface area contributed by atoms with Crippen LogP contribution in [0.3, 0.4) is 0 Å². The van der Waals surface area contributed by atoms with Crippen LogP contribution in [0.25, 0.3) is 0 Å². The molecule has 1 aliphatic carbocycles. The lowest BCUT2D eigenvalue weighted by atomic mass is 9.63. The van der Waals surface area contributed by atoms with Gasteiger partial charge in [0.15, 0.2) is 0 Å². The van der Waals surface area contributed by atoms with Gasteiger partial charge in [-0.2, -0.15) is 0 Å². The van der Waals surface area contributed by atoms with Crippen molar-refractivity contribution < 1.29 is 23.5 Å². The van der Waals surface area contributed by atoms with Crippen molar-refractivity contribution >= 4 is 17.5 Å². The van der Waals surface area contributed by atoms with Gasteiger partial charge < -0.3 is 9.47 Å². The van der Waals surface area contributed by atoms with Crippen molar-refractivity contribution in [3.05, 3.63) is 46.9 Å². The highest BCUT2D eigenvalue weighted by molar-refractivity contribution is 6.12. The number of fused-ring (bicyclic) bond motifs is 1. The fourth-order valence-electron chi connectivity index (χ4n) is 4.44. The molecule has 30 heavy (non-hydrogen) atoms. The van der Waals surface area contributed by atoms with E-state index in [2.05, 4.69) is 4.99 Å². The number of carbonyl (C=O) groups is 2. The van der Waals surface area contributed by atoms with Gasteiger partial charge in [-0.3, -0.25) is 9.79 Å². The maximum Gasteiger partial charge on any atom is 0.336 e.